The van der Waals surface area contributed by atoms with E-state index in [1.54, 1.807) is 13.8 Å². The van der Waals surface area contributed by atoms with Crippen LogP contribution in [-0.4, -0.2) is 36.5 Å². The standard InChI is InChI=1S/C16H20N2O5S/c1-12-17-15(18-23-12)16(2,11-24(3,20)21)9-14(19)22-10-13-7-5-4-6-8-13/h4-8H,9-11H2,1-3H3. The van der Waals surface area contributed by atoms with E-state index in [2.05, 4.69) is 10.1 Å². The van der Waals surface area contributed by atoms with Gasteiger partial charge < -0.3 is 9.26 Å². The summed E-state index contributed by atoms with van der Waals surface area (Å²) < 4.78 is 33.7. The first-order valence-electron chi connectivity index (χ1n) is 7.36. The first-order chi connectivity index (χ1) is 11.2. The van der Waals surface area contributed by atoms with Crippen LogP contribution >= 0.6 is 0 Å². The van der Waals surface area contributed by atoms with E-state index < -0.39 is 21.2 Å². The second-order valence-corrected chi connectivity index (χ2v) is 8.23. The van der Waals surface area contributed by atoms with Crippen molar-refractivity contribution in [3.05, 3.63) is 47.6 Å². The molecule has 130 valence electrons. The number of carbonyl (C=O) groups excluding carboxylic acids is 1. The summed E-state index contributed by atoms with van der Waals surface area (Å²) >= 11 is 0. The zero-order chi connectivity index (χ0) is 17.8. The predicted octanol–water partition coefficient (Wildman–Crippen LogP) is 1.81. The van der Waals surface area contributed by atoms with Crippen LogP contribution in [-0.2, 0) is 31.4 Å². The number of sulfone groups is 1. The summed E-state index contributed by atoms with van der Waals surface area (Å²) in [5, 5.41) is 3.79. The van der Waals surface area contributed by atoms with Crippen molar-refractivity contribution in [2.75, 3.05) is 12.0 Å². The molecular weight excluding hydrogens is 332 g/mol. The Morgan fingerprint density at radius 2 is 1.96 bits per heavy atom. The molecule has 0 bridgehead atoms. The van der Waals surface area contributed by atoms with Gasteiger partial charge in [-0.3, -0.25) is 4.79 Å². The Balaban J connectivity index is 2.11. The maximum Gasteiger partial charge on any atom is 0.307 e. The van der Waals surface area contributed by atoms with Crippen LogP contribution in [0.3, 0.4) is 0 Å². The van der Waals surface area contributed by atoms with Gasteiger partial charge in [0, 0.05) is 13.2 Å². The highest BCUT2D eigenvalue weighted by Crippen LogP contribution is 2.28. The molecule has 1 heterocycles. The molecule has 2 rings (SSSR count). The SMILES string of the molecule is Cc1nc(C(C)(CC(=O)OCc2ccccc2)CS(C)(=O)=O)no1. The average Bonchev–Trinajstić information content (AvgIpc) is 2.92. The summed E-state index contributed by atoms with van der Waals surface area (Å²) in [6.45, 7) is 3.34. The zero-order valence-corrected chi connectivity index (χ0v) is 14.7. The van der Waals surface area contributed by atoms with Crippen molar-refractivity contribution >= 4 is 15.8 Å². The van der Waals surface area contributed by atoms with Crippen LogP contribution in [0.5, 0.6) is 0 Å². The van der Waals surface area contributed by atoms with Crippen molar-refractivity contribution in [2.24, 2.45) is 0 Å². The van der Waals surface area contributed by atoms with Gasteiger partial charge in [-0.05, 0) is 5.56 Å². The predicted molar refractivity (Wildman–Crippen MR) is 87.0 cm³/mol. The summed E-state index contributed by atoms with van der Waals surface area (Å²) in [4.78, 5) is 16.3. The molecular formula is C16H20N2O5S. The normalized spacial score (nSPS) is 14.1. The summed E-state index contributed by atoms with van der Waals surface area (Å²) in [7, 11) is -3.36. The molecule has 24 heavy (non-hydrogen) atoms. The number of aromatic nitrogens is 2. The van der Waals surface area contributed by atoms with Crippen LogP contribution in [0.4, 0.5) is 0 Å². The van der Waals surface area contributed by atoms with E-state index in [4.69, 9.17) is 9.26 Å². The quantitative estimate of drug-likeness (QED) is 0.701. The topological polar surface area (TPSA) is 99.4 Å². The molecule has 0 radical (unpaired) electrons. The Hall–Kier alpha value is -2.22. The number of rotatable bonds is 7. The third-order valence-corrected chi connectivity index (χ3v) is 4.59. The third kappa shape index (κ3) is 5.16. The highest BCUT2D eigenvalue weighted by Gasteiger charge is 2.38. The fraction of sp³-hybridized carbons (Fsp3) is 0.438. The van der Waals surface area contributed by atoms with Crippen molar-refractivity contribution in [2.45, 2.75) is 32.3 Å². The monoisotopic (exact) mass is 352 g/mol. The van der Waals surface area contributed by atoms with Crippen molar-refractivity contribution in [1.82, 2.24) is 10.1 Å². The van der Waals surface area contributed by atoms with E-state index in [0.29, 0.717) is 5.89 Å². The van der Waals surface area contributed by atoms with Crippen molar-refractivity contribution in [3.8, 4) is 0 Å². The number of aryl methyl sites for hydroxylation is 1. The van der Waals surface area contributed by atoms with Gasteiger partial charge in [-0.2, -0.15) is 4.98 Å². The highest BCUT2D eigenvalue weighted by atomic mass is 32.2. The van der Waals surface area contributed by atoms with E-state index in [9.17, 15) is 13.2 Å². The molecule has 0 N–H and O–H groups in total. The second kappa shape index (κ2) is 7.12. The fourth-order valence-electron chi connectivity index (χ4n) is 2.43. The van der Waals surface area contributed by atoms with Crippen LogP contribution in [0.2, 0.25) is 0 Å². The zero-order valence-electron chi connectivity index (χ0n) is 13.9. The Kier molecular flexibility index (Phi) is 5.38. The lowest BCUT2D eigenvalue weighted by atomic mass is 9.88. The van der Waals surface area contributed by atoms with Gasteiger partial charge in [-0.15, -0.1) is 0 Å². The molecule has 0 saturated heterocycles. The molecule has 0 fully saturated rings. The number of hydrogen-bond donors (Lipinski definition) is 0. The molecule has 7 nitrogen and oxygen atoms in total. The number of benzene rings is 1. The lowest BCUT2D eigenvalue weighted by Gasteiger charge is -2.23. The van der Waals surface area contributed by atoms with Gasteiger partial charge in [0.15, 0.2) is 5.82 Å². The Bertz CT molecular complexity index is 801. The van der Waals surface area contributed by atoms with E-state index >= 15 is 0 Å². The Labute approximate surface area is 140 Å². The second-order valence-electron chi connectivity index (χ2n) is 6.09. The largest absolute Gasteiger partial charge is 0.461 e. The molecule has 1 aromatic carbocycles. The van der Waals surface area contributed by atoms with Gasteiger partial charge in [-0.1, -0.05) is 42.4 Å². The minimum Gasteiger partial charge on any atom is -0.461 e. The van der Waals surface area contributed by atoms with Gasteiger partial charge >= 0.3 is 5.97 Å². The molecule has 2 aromatic rings. The van der Waals surface area contributed by atoms with Crippen LogP contribution in [0, 0.1) is 6.92 Å². The molecule has 1 unspecified atom stereocenters. The van der Waals surface area contributed by atoms with E-state index in [1.807, 2.05) is 30.3 Å². The number of carbonyl (C=O) groups is 1. The Morgan fingerprint density at radius 1 is 1.29 bits per heavy atom. The summed E-state index contributed by atoms with van der Waals surface area (Å²) in [5.74, 6) is -0.309. The van der Waals surface area contributed by atoms with E-state index in [0.717, 1.165) is 11.8 Å². The summed E-state index contributed by atoms with van der Waals surface area (Å²) in [5.41, 5.74) is -0.259. The molecule has 0 aliphatic carbocycles. The van der Waals surface area contributed by atoms with E-state index in [-0.39, 0.29) is 24.6 Å². The molecule has 8 heteroatoms. The van der Waals surface area contributed by atoms with E-state index in [1.165, 1.54) is 0 Å². The number of hydrogen-bond acceptors (Lipinski definition) is 7. The summed E-state index contributed by atoms with van der Waals surface area (Å²) in [6, 6.07) is 9.24. The minimum atomic E-state index is -3.36. The minimum absolute atomic E-state index is 0.125. The lowest BCUT2D eigenvalue weighted by molar-refractivity contribution is -0.146. The maximum absolute atomic E-state index is 12.2. The van der Waals surface area contributed by atoms with Gasteiger partial charge in [0.1, 0.15) is 16.4 Å². The first kappa shape index (κ1) is 18.1. The van der Waals surface area contributed by atoms with Gasteiger partial charge in [0.2, 0.25) is 5.89 Å². The molecule has 0 spiro atoms. The molecule has 0 saturated carbocycles. The molecule has 0 aliphatic heterocycles. The van der Waals surface area contributed by atoms with Crippen LogP contribution in [0.15, 0.2) is 34.9 Å². The number of ether oxygens (including phenoxy) is 1. The third-order valence-electron chi connectivity index (χ3n) is 3.43. The smallest absolute Gasteiger partial charge is 0.307 e. The van der Waals surface area contributed by atoms with Crippen LogP contribution < -0.4 is 0 Å². The van der Waals surface area contributed by atoms with Crippen molar-refractivity contribution in [1.29, 1.82) is 0 Å². The Morgan fingerprint density at radius 3 is 2.50 bits per heavy atom. The molecule has 0 aliphatic rings. The highest BCUT2D eigenvalue weighted by molar-refractivity contribution is 7.90. The average molecular weight is 352 g/mol. The summed E-state index contributed by atoms with van der Waals surface area (Å²) in [6.07, 6.45) is 0.944. The number of nitrogens with zero attached hydrogens (tertiary/aromatic N) is 2. The molecule has 1 aromatic heterocycles. The molecule has 0 amide bonds. The van der Waals surface area contributed by atoms with Crippen LogP contribution in [0.25, 0.3) is 0 Å². The first-order valence-corrected chi connectivity index (χ1v) is 9.42. The fourth-order valence-corrected chi connectivity index (χ4v) is 3.81. The maximum atomic E-state index is 12.2. The van der Waals surface area contributed by atoms with Crippen molar-refractivity contribution in [3.63, 3.8) is 0 Å². The van der Waals surface area contributed by atoms with Gasteiger partial charge in [0.25, 0.3) is 0 Å². The molecule has 1 atom stereocenters. The van der Waals surface area contributed by atoms with Crippen LogP contribution in [0.1, 0.15) is 30.6 Å². The van der Waals surface area contributed by atoms with Gasteiger partial charge in [-0.25, -0.2) is 8.42 Å². The van der Waals surface area contributed by atoms with Gasteiger partial charge in [0.05, 0.1) is 17.6 Å². The van der Waals surface area contributed by atoms with Crippen molar-refractivity contribution < 1.29 is 22.5 Å². The lowest BCUT2D eigenvalue weighted by Crippen LogP contribution is -2.35. The number of esters is 1.